The Morgan fingerprint density at radius 3 is 2.62 bits per heavy atom. The van der Waals surface area contributed by atoms with Crippen molar-refractivity contribution in [1.82, 2.24) is 10.2 Å². The molecule has 1 amide bonds. The van der Waals surface area contributed by atoms with Crippen LogP contribution in [-0.2, 0) is 4.74 Å². The summed E-state index contributed by atoms with van der Waals surface area (Å²) in [5.41, 5.74) is -0.981. The summed E-state index contributed by atoms with van der Waals surface area (Å²) >= 11 is 0. The van der Waals surface area contributed by atoms with Crippen LogP contribution in [0.1, 0.15) is 59.3 Å². The van der Waals surface area contributed by atoms with Gasteiger partial charge in [0.2, 0.25) is 0 Å². The maximum atomic E-state index is 12.1. The fourth-order valence-electron chi connectivity index (χ4n) is 3.18. The molecule has 122 valence electrons. The summed E-state index contributed by atoms with van der Waals surface area (Å²) in [4.78, 5) is 13.9. The van der Waals surface area contributed by atoms with Gasteiger partial charge in [0.1, 0.15) is 5.60 Å². The van der Waals surface area contributed by atoms with Gasteiger partial charge < -0.3 is 20.1 Å². The Labute approximate surface area is 128 Å². The van der Waals surface area contributed by atoms with Gasteiger partial charge in [0, 0.05) is 25.7 Å². The number of nitrogens with one attached hydrogen (secondary N) is 1. The lowest BCUT2D eigenvalue weighted by Gasteiger charge is -2.35. The van der Waals surface area contributed by atoms with Crippen molar-refractivity contribution < 1.29 is 14.6 Å². The topological polar surface area (TPSA) is 61.8 Å². The molecular formula is C16H30N2O3. The Bertz CT molecular complexity index is 359. The lowest BCUT2D eigenvalue weighted by Crippen LogP contribution is -2.52. The van der Waals surface area contributed by atoms with Crippen molar-refractivity contribution in [3.63, 3.8) is 0 Å². The molecule has 0 aromatic heterocycles. The molecule has 1 atom stereocenters. The second-order valence-corrected chi connectivity index (χ2v) is 7.58. The van der Waals surface area contributed by atoms with Crippen LogP contribution in [0.15, 0.2) is 0 Å². The van der Waals surface area contributed by atoms with Crippen molar-refractivity contribution in [3.05, 3.63) is 0 Å². The highest BCUT2D eigenvalue weighted by atomic mass is 16.6. The highest BCUT2D eigenvalue weighted by Gasteiger charge is 2.33. The maximum Gasteiger partial charge on any atom is 0.410 e. The fraction of sp³-hybridized carbons (Fsp3) is 0.938. The molecule has 2 aliphatic rings. The van der Waals surface area contributed by atoms with Gasteiger partial charge in [-0.15, -0.1) is 0 Å². The standard InChI is InChI=1S/C16H30N2O3/c1-15(2,3)21-14(19)18-10-6-7-13(11-18)17-12-16(20)8-4-5-9-16/h13,17,20H,4-12H2,1-3H3. The predicted octanol–water partition coefficient (Wildman–Crippen LogP) is 2.28. The van der Waals surface area contributed by atoms with Gasteiger partial charge in [-0.3, -0.25) is 0 Å². The molecule has 1 saturated carbocycles. The van der Waals surface area contributed by atoms with Gasteiger partial charge in [0.25, 0.3) is 0 Å². The van der Waals surface area contributed by atoms with E-state index in [1.807, 2.05) is 20.8 Å². The first-order chi connectivity index (χ1) is 9.77. The van der Waals surface area contributed by atoms with E-state index in [9.17, 15) is 9.90 Å². The molecule has 2 rings (SSSR count). The van der Waals surface area contributed by atoms with Crippen molar-refractivity contribution in [2.45, 2.75) is 76.5 Å². The van der Waals surface area contributed by atoms with E-state index in [0.717, 1.165) is 45.1 Å². The average Bonchev–Trinajstić information content (AvgIpc) is 2.82. The number of rotatable bonds is 3. The van der Waals surface area contributed by atoms with Crippen LogP contribution >= 0.6 is 0 Å². The largest absolute Gasteiger partial charge is 0.444 e. The number of carbonyl (C=O) groups excluding carboxylic acids is 1. The van der Waals surface area contributed by atoms with E-state index in [0.29, 0.717) is 13.1 Å². The molecule has 2 N–H and O–H groups in total. The van der Waals surface area contributed by atoms with Gasteiger partial charge in [-0.2, -0.15) is 0 Å². The number of nitrogens with zero attached hydrogens (tertiary/aromatic N) is 1. The molecule has 2 fully saturated rings. The van der Waals surface area contributed by atoms with Crippen LogP contribution < -0.4 is 5.32 Å². The third kappa shape index (κ3) is 5.15. The molecule has 1 aliphatic carbocycles. The number of aliphatic hydroxyl groups is 1. The fourth-order valence-corrected chi connectivity index (χ4v) is 3.18. The van der Waals surface area contributed by atoms with Gasteiger partial charge >= 0.3 is 6.09 Å². The molecule has 1 unspecified atom stereocenters. The summed E-state index contributed by atoms with van der Waals surface area (Å²) in [6, 6.07) is 0.260. The van der Waals surface area contributed by atoms with Crippen molar-refractivity contribution in [1.29, 1.82) is 0 Å². The molecule has 1 aliphatic heterocycles. The Morgan fingerprint density at radius 1 is 1.33 bits per heavy atom. The number of amides is 1. The highest BCUT2D eigenvalue weighted by molar-refractivity contribution is 5.68. The van der Waals surface area contributed by atoms with E-state index in [4.69, 9.17) is 4.74 Å². The van der Waals surface area contributed by atoms with E-state index in [1.54, 1.807) is 4.90 Å². The zero-order chi connectivity index (χ0) is 15.5. The number of ether oxygens (including phenoxy) is 1. The summed E-state index contributed by atoms with van der Waals surface area (Å²) in [6.45, 7) is 7.74. The molecule has 0 aromatic rings. The minimum absolute atomic E-state index is 0.228. The zero-order valence-electron chi connectivity index (χ0n) is 13.7. The van der Waals surface area contributed by atoms with Gasteiger partial charge in [0.05, 0.1) is 5.60 Å². The Balaban J connectivity index is 1.79. The summed E-state index contributed by atoms with van der Waals surface area (Å²) in [6.07, 6.45) is 5.82. The monoisotopic (exact) mass is 298 g/mol. The Hall–Kier alpha value is -0.810. The molecule has 0 bridgehead atoms. The van der Waals surface area contributed by atoms with Gasteiger partial charge in [-0.1, -0.05) is 12.8 Å². The van der Waals surface area contributed by atoms with E-state index >= 15 is 0 Å². The SMILES string of the molecule is CC(C)(C)OC(=O)N1CCCC(NCC2(O)CCCC2)C1. The van der Waals surface area contributed by atoms with E-state index in [-0.39, 0.29) is 12.1 Å². The molecule has 5 heteroatoms. The van der Waals surface area contributed by atoms with Crippen molar-refractivity contribution in [2.75, 3.05) is 19.6 Å². The van der Waals surface area contributed by atoms with Crippen LogP contribution in [-0.4, -0.2) is 53.0 Å². The molecule has 0 aromatic carbocycles. The number of likely N-dealkylation sites (tertiary alicyclic amines) is 1. The summed E-state index contributed by atoms with van der Waals surface area (Å²) < 4.78 is 5.43. The van der Waals surface area contributed by atoms with Crippen molar-refractivity contribution in [2.24, 2.45) is 0 Å². The van der Waals surface area contributed by atoms with E-state index in [1.165, 1.54) is 0 Å². The highest BCUT2D eigenvalue weighted by Crippen LogP contribution is 2.29. The maximum absolute atomic E-state index is 12.1. The van der Waals surface area contributed by atoms with E-state index in [2.05, 4.69) is 5.32 Å². The number of piperidine rings is 1. The van der Waals surface area contributed by atoms with Crippen LogP contribution in [0.3, 0.4) is 0 Å². The molecule has 1 saturated heterocycles. The second-order valence-electron chi connectivity index (χ2n) is 7.58. The zero-order valence-corrected chi connectivity index (χ0v) is 13.7. The van der Waals surface area contributed by atoms with Gasteiger partial charge in [-0.05, 0) is 46.5 Å². The molecule has 21 heavy (non-hydrogen) atoms. The third-order valence-corrected chi connectivity index (χ3v) is 4.33. The number of hydrogen-bond donors (Lipinski definition) is 2. The Morgan fingerprint density at radius 2 is 2.00 bits per heavy atom. The Kier molecular flexibility index (Phi) is 5.15. The molecule has 0 radical (unpaired) electrons. The van der Waals surface area contributed by atoms with Crippen LogP contribution in [0.5, 0.6) is 0 Å². The third-order valence-electron chi connectivity index (χ3n) is 4.33. The van der Waals surface area contributed by atoms with Crippen LogP contribution in [0.2, 0.25) is 0 Å². The summed E-state index contributed by atoms with van der Waals surface area (Å²) in [5, 5.41) is 13.8. The molecule has 1 heterocycles. The molecule has 0 spiro atoms. The molecular weight excluding hydrogens is 268 g/mol. The smallest absolute Gasteiger partial charge is 0.410 e. The first-order valence-corrected chi connectivity index (χ1v) is 8.21. The normalized spacial score (nSPS) is 25.9. The van der Waals surface area contributed by atoms with Gasteiger partial charge in [0.15, 0.2) is 0 Å². The minimum Gasteiger partial charge on any atom is -0.444 e. The number of hydrogen-bond acceptors (Lipinski definition) is 4. The van der Waals surface area contributed by atoms with E-state index < -0.39 is 11.2 Å². The lowest BCUT2D eigenvalue weighted by atomic mass is 10.0. The van der Waals surface area contributed by atoms with Crippen molar-refractivity contribution >= 4 is 6.09 Å². The van der Waals surface area contributed by atoms with Crippen LogP contribution in [0, 0.1) is 0 Å². The number of carbonyl (C=O) groups is 1. The summed E-state index contributed by atoms with van der Waals surface area (Å²) in [7, 11) is 0. The quantitative estimate of drug-likeness (QED) is 0.839. The van der Waals surface area contributed by atoms with Gasteiger partial charge in [-0.25, -0.2) is 4.79 Å². The first-order valence-electron chi connectivity index (χ1n) is 8.21. The minimum atomic E-state index is -0.534. The second kappa shape index (κ2) is 6.53. The summed E-state index contributed by atoms with van der Waals surface area (Å²) in [5.74, 6) is 0. The molecule has 5 nitrogen and oxygen atoms in total. The average molecular weight is 298 g/mol. The predicted molar refractivity (Wildman–Crippen MR) is 82.2 cm³/mol. The first kappa shape index (κ1) is 16.6. The van der Waals surface area contributed by atoms with Crippen LogP contribution in [0.25, 0.3) is 0 Å². The lowest BCUT2D eigenvalue weighted by molar-refractivity contribution is 0.0154. The van der Waals surface area contributed by atoms with Crippen molar-refractivity contribution in [3.8, 4) is 0 Å². The van der Waals surface area contributed by atoms with Crippen LogP contribution in [0.4, 0.5) is 4.79 Å².